The lowest BCUT2D eigenvalue weighted by atomic mass is 10.3. The minimum Gasteiger partial charge on any atom is -0.461 e. The molecule has 0 fully saturated rings. The molecule has 9 heteroatoms. The number of hydrogen-bond donors (Lipinski definition) is 1. The van der Waals surface area contributed by atoms with Gasteiger partial charge in [0.15, 0.2) is 5.69 Å². The van der Waals surface area contributed by atoms with Gasteiger partial charge in [-0.05, 0) is 6.92 Å². The number of aryl methyl sites for hydroxylation is 1. The van der Waals surface area contributed by atoms with E-state index in [4.69, 9.17) is 10.5 Å². The topological polar surface area (TPSA) is 114 Å². The minimum absolute atomic E-state index is 0.138. The van der Waals surface area contributed by atoms with Gasteiger partial charge in [-0.25, -0.2) is 14.5 Å². The molecule has 0 amide bonds. The van der Waals surface area contributed by atoms with Gasteiger partial charge in [-0.1, -0.05) is 5.21 Å². The third-order valence-electron chi connectivity index (χ3n) is 2.60. The van der Waals surface area contributed by atoms with Gasteiger partial charge in [0.2, 0.25) is 0 Å². The van der Waals surface area contributed by atoms with Gasteiger partial charge >= 0.3 is 5.97 Å². The molecule has 2 N–H and O–H groups in total. The van der Waals surface area contributed by atoms with Crippen molar-refractivity contribution in [1.82, 2.24) is 29.8 Å². The van der Waals surface area contributed by atoms with Gasteiger partial charge in [-0.2, -0.15) is 5.10 Å². The number of nitrogens with zero attached hydrogens (tertiary/aromatic N) is 6. The average molecular weight is 265 g/mol. The van der Waals surface area contributed by atoms with Gasteiger partial charge in [0.05, 0.1) is 12.3 Å². The maximum atomic E-state index is 11.7. The second-order valence-corrected chi connectivity index (χ2v) is 3.77. The van der Waals surface area contributed by atoms with Crippen LogP contribution in [0.3, 0.4) is 0 Å². The molecule has 2 aromatic rings. The van der Waals surface area contributed by atoms with Gasteiger partial charge in [0.25, 0.3) is 0 Å². The number of ether oxygens (including phenoxy) is 1. The van der Waals surface area contributed by atoms with Crippen LogP contribution in [0.5, 0.6) is 0 Å². The van der Waals surface area contributed by atoms with E-state index in [1.54, 1.807) is 18.7 Å². The highest BCUT2D eigenvalue weighted by atomic mass is 16.5. The van der Waals surface area contributed by atoms with E-state index in [1.807, 2.05) is 0 Å². The number of esters is 1. The van der Waals surface area contributed by atoms with Gasteiger partial charge in [-0.15, -0.1) is 5.10 Å². The van der Waals surface area contributed by atoms with Crippen molar-refractivity contribution in [3.8, 4) is 0 Å². The monoisotopic (exact) mass is 265 g/mol. The second-order valence-electron chi connectivity index (χ2n) is 3.77. The molecule has 0 atom stereocenters. The van der Waals surface area contributed by atoms with Crippen LogP contribution >= 0.6 is 0 Å². The molecule has 0 aromatic carbocycles. The Bertz CT molecular complexity index is 574. The number of carbonyl (C=O) groups is 1. The summed E-state index contributed by atoms with van der Waals surface area (Å²) in [6.07, 6.45) is 1.45. The van der Waals surface area contributed by atoms with Gasteiger partial charge in [-0.3, -0.25) is 4.68 Å². The van der Waals surface area contributed by atoms with E-state index in [9.17, 15) is 4.79 Å². The highest BCUT2D eigenvalue weighted by Crippen LogP contribution is 2.08. The van der Waals surface area contributed by atoms with E-state index in [-0.39, 0.29) is 18.8 Å². The highest BCUT2D eigenvalue weighted by molar-refractivity contribution is 5.88. The molecule has 0 radical (unpaired) electrons. The van der Waals surface area contributed by atoms with Gasteiger partial charge in [0, 0.05) is 13.6 Å². The van der Waals surface area contributed by atoms with Crippen LogP contribution in [-0.4, -0.2) is 42.3 Å². The second kappa shape index (κ2) is 5.57. The summed E-state index contributed by atoms with van der Waals surface area (Å²) in [4.78, 5) is 15.8. The predicted octanol–water partition coefficient (Wildman–Crippen LogP) is -0.910. The fraction of sp³-hybridized carbons (Fsp3) is 0.500. The van der Waals surface area contributed by atoms with Gasteiger partial charge in [0.1, 0.15) is 18.7 Å². The van der Waals surface area contributed by atoms with Crippen LogP contribution in [0.4, 0.5) is 0 Å². The summed E-state index contributed by atoms with van der Waals surface area (Å²) in [7, 11) is 1.77. The molecule has 9 nitrogen and oxygen atoms in total. The Kier molecular flexibility index (Phi) is 3.85. The van der Waals surface area contributed by atoms with Crippen LogP contribution in [0.25, 0.3) is 0 Å². The van der Waals surface area contributed by atoms with Crippen LogP contribution in [0, 0.1) is 0 Å². The fourth-order valence-corrected chi connectivity index (χ4v) is 1.62. The number of carbonyl (C=O) groups excluding carboxylic acids is 1. The van der Waals surface area contributed by atoms with Crippen molar-refractivity contribution in [3.05, 3.63) is 23.5 Å². The van der Waals surface area contributed by atoms with E-state index in [0.717, 1.165) is 0 Å². The summed E-state index contributed by atoms with van der Waals surface area (Å²) >= 11 is 0. The number of hydrogen-bond acceptors (Lipinski definition) is 7. The Balaban J connectivity index is 2.27. The molecule has 2 heterocycles. The Morgan fingerprint density at radius 2 is 2.32 bits per heavy atom. The molecule has 19 heavy (non-hydrogen) atoms. The maximum absolute atomic E-state index is 11.7. The molecule has 0 aliphatic heterocycles. The fourth-order valence-electron chi connectivity index (χ4n) is 1.62. The van der Waals surface area contributed by atoms with E-state index < -0.39 is 5.97 Å². The molecule has 102 valence electrons. The maximum Gasteiger partial charge on any atom is 0.360 e. The zero-order valence-corrected chi connectivity index (χ0v) is 10.8. The van der Waals surface area contributed by atoms with E-state index >= 15 is 0 Å². The molecule has 2 aromatic heterocycles. The normalized spacial score (nSPS) is 10.7. The quantitative estimate of drug-likeness (QED) is 0.696. The lowest BCUT2D eigenvalue weighted by Crippen LogP contribution is -2.16. The van der Waals surface area contributed by atoms with E-state index in [1.165, 1.54) is 11.0 Å². The predicted molar refractivity (Wildman–Crippen MR) is 64.0 cm³/mol. The van der Waals surface area contributed by atoms with E-state index in [0.29, 0.717) is 18.1 Å². The first-order valence-corrected chi connectivity index (χ1v) is 5.79. The van der Waals surface area contributed by atoms with Crippen LogP contribution in [0.15, 0.2) is 6.33 Å². The van der Waals surface area contributed by atoms with Crippen molar-refractivity contribution < 1.29 is 9.53 Å². The number of rotatable bonds is 5. The van der Waals surface area contributed by atoms with Crippen molar-refractivity contribution in [2.75, 3.05) is 6.61 Å². The Labute approximate surface area is 109 Å². The summed E-state index contributed by atoms with van der Waals surface area (Å²) < 4.78 is 8.04. The molecule has 0 aliphatic carbocycles. The molecule has 2 rings (SSSR count). The van der Waals surface area contributed by atoms with Crippen molar-refractivity contribution in [2.24, 2.45) is 12.8 Å². The molecule has 0 unspecified atom stereocenters. The summed E-state index contributed by atoms with van der Waals surface area (Å²) in [5, 5.41) is 11.7. The van der Waals surface area contributed by atoms with Crippen molar-refractivity contribution in [1.29, 1.82) is 0 Å². The smallest absolute Gasteiger partial charge is 0.360 e. The molecule has 0 saturated heterocycles. The van der Waals surface area contributed by atoms with Crippen molar-refractivity contribution >= 4 is 5.97 Å². The standard InChI is InChI=1S/C10H15N7O2/c1-3-19-10(18)9-7(4-11)17(15-14-9)5-8-12-6-13-16(8)2/h6H,3-5,11H2,1-2H3. The summed E-state index contributed by atoms with van der Waals surface area (Å²) in [6, 6.07) is 0. The molecular weight excluding hydrogens is 250 g/mol. The first-order chi connectivity index (χ1) is 9.17. The third kappa shape index (κ3) is 2.60. The first kappa shape index (κ1) is 13.1. The summed E-state index contributed by atoms with van der Waals surface area (Å²) in [6.45, 7) is 2.48. The van der Waals surface area contributed by atoms with E-state index in [2.05, 4.69) is 20.4 Å². The zero-order chi connectivity index (χ0) is 13.8. The molecule has 0 bridgehead atoms. The molecule has 0 saturated carbocycles. The number of aromatic nitrogens is 6. The highest BCUT2D eigenvalue weighted by Gasteiger charge is 2.20. The Hall–Kier alpha value is -2.29. The SMILES string of the molecule is CCOC(=O)c1nnn(Cc2ncnn2C)c1CN. The van der Waals surface area contributed by atoms with Crippen LogP contribution in [0.2, 0.25) is 0 Å². The Morgan fingerprint density at radius 3 is 2.89 bits per heavy atom. The lowest BCUT2D eigenvalue weighted by molar-refractivity contribution is 0.0518. The Morgan fingerprint density at radius 1 is 1.53 bits per heavy atom. The molecule has 0 aliphatic rings. The zero-order valence-electron chi connectivity index (χ0n) is 10.8. The average Bonchev–Trinajstić information content (AvgIpc) is 2.97. The van der Waals surface area contributed by atoms with Crippen molar-refractivity contribution in [2.45, 2.75) is 20.0 Å². The lowest BCUT2D eigenvalue weighted by Gasteiger charge is -2.05. The first-order valence-electron chi connectivity index (χ1n) is 5.79. The number of nitrogens with two attached hydrogens (primary N) is 1. The summed E-state index contributed by atoms with van der Waals surface area (Å²) in [5.74, 6) is 0.169. The minimum atomic E-state index is -0.521. The largest absolute Gasteiger partial charge is 0.461 e. The third-order valence-corrected chi connectivity index (χ3v) is 2.60. The molecular formula is C10H15N7O2. The van der Waals surface area contributed by atoms with Crippen LogP contribution < -0.4 is 5.73 Å². The van der Waals surface area contributed by atoms with Crippen molar-refractivity contribution in [3.63, 3.8) is 0 Å². The van der Waals surface area contributed by atoms with Crippen LogP contribution in [-0.2, 0) is 24.9 Å². The van der Waals surface area contributed by atoms with Crippen LogP contribution in [0.1, 0.15) is 28.9 Å². The van der Waals surface area contributed by atoms with Gasteiger partial charge < -0.3 is 10.5 Å². The summed E-state index contributed by atoms with van der Waals surface area (Å²) in [5.41, 5.74) is 6.31. The molecule has 0 spiro atoms.